The van der Waals surface area contributed by atoms with E-state index < -0.39 is 22.9 Å². The maximum absolute atomic E-state index is 14.5. The third-order valence-electron chi connectivity index (χ3n) is 6.24. The fourth-order valence-electron chi connectivity index (χ4n) is 4.18. The van der Waals surface area contributed by atoms with Crippen LogP contribution in [0, 0.1) is 12.7 Å². The Bertz CT molecular complexity index is 1270. The van der Waals surface area contributed by atoms with Gasteiger partial charge in [0, 0.05) is 35.6 Å². The minimum Gasteiger partial charge on any atom is -0.507 e. The second kappa shape index (κ2) is 12.4. The van der Waals surface area contributed by atoms with Gasteiger partial charge in [0.15, 0.2) is 5.78 Å². The molecule has 1 aliphatic rings. The topological polar surface area (TPSA) is 120 Å². The van der Waals surface area contributed by atoms with Crippen molar-refractivity contribution in [3.05, 3.63) is 94.6 Å². The molecule has 1 fully saturated rings. The van der Waals surface area contributed by atoms with Gasteiger partial charge in [-0.2, -0.15) is 0 Å². The van der Waals surface area contributed by atoms with Crippen LogP contribution in [-0.4, -0.2) is 52.9 Å². The standard InChI is InChI=1S/C27H27FN4O4.ClH/c1-16-4-9-22(33)23(24(16)28)25(34)17-5-7-18(8-6-17)26(35)31-20-3-2-12-30-15-21(20)32-27(36)19-10-13-29-14-11-19;/h4-11,13-14,20-21,30,33H,2-3,12,15H2,1H3,(H,31,35)(H,32,36);1H/t20-,21-;/m1./s1. The molecule has 0 saturated carbocycles. The Morgan fingerprint density at radius 3 is 2.19 bits per heavy atom. The third-order valence-corrected chi connectivity index (χ3v) is 6.24. The Labute approximate surface area is 220 Å². The Hall–Kier alpha value is -3.82. The van der Waals surface area contributed by atoms with E-state index in [-0.39, 0.29) is 47.4 Å². The van der Waals surface area contributed by atoms with Crippen molar-refractivity contribution >= 4 is 30.0 Å². The molecule has 194 valence electrons. The molecule has 2 amide bonds. The van der Waals surface area contributed by atoms with Gasteiger partial charge in [-0.3, -0.25) is 19.4 Å². The van der Waals surface area contributed by atoms with Gasteiger partial charge in [0.05, 0.1) is 12.1 Å². The monoisotopic (exact) mass is 526 g/mol. The minimum absolute atomic E-state index is 0. The molecule has 4 N–H and O–H groups in total. The molecule has 0 unspecified atom stereocenters. The van der Waals surface area contributed by atoms with Crippen molar-refractivity contribution in [2.24, 2.45) is 0 Å². The molecule has 8 nitrogen and oxygen atoms in total. The van der Waals surface area contributed by atoms with Crippen LogP contribution in [0.2, 0.25) is 0 Å². The zero-order valence-corrected chi connectivity index (χ0v) is 21.0. The van der Waals surface area contributed by atoms with Gasteiger partial charge in [-0.1, -0.05) is 18.2 Å². The lowest BCUT2D eigenvalue weighted by Crippen LogP contribution is -2.54. The SMILES string of the molecule is Cc1ccc(O)c(C(=O)c2ccc(C(=O)N[C@@H]3CCCNC[C@H]3NC(=O)c3ccncc3)cc2)c1F.Cl. The summed E-state index contributed by atoms with van der Waals surface area (Å²) in [5.41, 5.74) is 0.793. The number of pyridine rings is 1. The average Bonchev–Trinajstić information content (AvgIpc) is 3.11. The Morgan fingerprint density at radius 2 is 1.51 bits per heavy atom. The molecule has 2 aromatic carbocycles. The Balaban J connectivity index is 0.00000380. The number of nitrogens with one attached hydrogen (secondary N) is 3. The number of hydrogen-bond donors (Lipinski definition) is 4. The van der Waals surface area contributed by atoms with E-state index in [0.29, 0.717) is 24.1 Å². The highest BCUT2D eigenvalue weighted by atomic mass is 35.5. The van der Waals surface area contributed by atoms with Crippen LogP contribution in [0.3, 0.4) is 0 Å². The normalized spacial score (nSPS) is 17.1. The summed E-state index contributed by atoms with van der Waals surface area (Å²) >= 11 is 0. The van der Waals surface area contributed by atoms with Crippen molar-refractivity contribution in [3.63, 3.8) is 0 Å². The van der Waals surface area contributed by atoms with Crippen LogP contribution in [0.5, 0.6) is 5.75 Å². The van der Waals surface area contributed by atoms with E-state index in [4.69, 9.17) is 0 Å². The van der Waals surface area contributed by atoms with Crippen LogP contribution < -0.4 is 16.0 Å². The summed E-state index contributed by atoms with van der Waals surface area (Å²) in [5, 5.41) is 19.3. The van der Waals surface area contributed by atoms with E-state index in [9.17, 15) is 23.9 Å². The third kappa shape index (κ3) is 6.49. The van der Waals surface area contributed by atoms with Crippen LogP contribution in [0.25, 0.3) is 0 Å². The summed E-state index contributed by atoms with van der Waals surface area (Å²) in [6.45, 7) is 2.78. The molecule has 0 radical (unpaired) electrons. The highest BCUT2D eigenvalue weighted by Crippen LogP contribution is 2.26. The number of rotatable bonds is 6. The second-order valence-electron chi connectivity index (χ2n) is 8.74. The van der Waals surface area contributed by atoms with Crippen LogP contribution in [-0.2, 0) is 0 Å². The lowest BCUT2D eigenvalue weighted by Gasteiger charge is -2.27. The maximum Gasteiger partial charge on any atom is 0.251 e. The lowest BCUT2D eigenvalue weighted by atomic mass is 9.98. The van der Waals surface area contributed by atoms with Gasteiger partial charge >= 0.3 is 0 Å². The van der Waals surface area contributed by atoms with Crippen molar-refractivity contribution < 1.29 is 23.9 Å². The Morgan fingerprint density at radius 1 is 0.919 bits per heavy atom. The van der Waals surface area contributed by atoms with E-state index in [0.717, 1.165) is 13.0 Å². The predicted octanol–water partition coefficient (Wildman–Crippen LogP) is 3.17. The first-order valence-electron chi connectivity index (χ1n) is 11.7. The molecular weight excluding hydrogens is 499 g/mol. The van der Waals surface area contributed by atoms with Gasteiger partial charge in [-0.15, -0.1) is 12.4 Å². The fraction of sp³-hybridized carbons (Fsp3) is 0.259. The number of carbonyl (C=O) groups is 3. The van der Waals surface area contributed by atoms with E-state index in [1.807, 2.05) is 0 Å². The number of aromatic hydroxyl groups is 1. The number of benzene rings is 2. The van der Waals surface area contributed by atoms with Crippen molar-refractivity contribution in [1.29, 1.82) is 0 Å². The lowest BCUT2D eigenvalue weighted by molar-refractivity contribution is 0.0882. The molecule has 1 aromatic heterocycles. The molecule has 37 heavy (non-hydrogen) atoms. The molecular formula is C27H28ClFN4O4. The molecule has 1 saturated heterocycles. The van der Waals surface area contributed by atoms with Gasteiger partial charge in [-0.05, 0) is 62.2 Å². The van der Waals surface area contributed by atoms with Crippen LogP contribution in [0.1, 0.15) is 55.0 Å². The quantitative estimate of drug-likeness (QED) is 0.366. The van der Waals surface area contributed by atoms with Crippen LogP contribution in [0.15, 0.2) is 60.9 Å². The number of aryl methyl sites for hydroxylation is 1. The first kappa shape index (κ1) is 27.8. The van der Waals surface area contributed by atoms with Crippen LogP contribution in [0.4, 0.5) is 4.39 Å². The summed E-state index contributed by atoms with van der Waals surface area (Å²) in [6, 6.07) is 11.1. The summed E-state index contributed by atoms with van der Waals surface area (Å²) < 4.78 is 14.5. The number of phenols is 1. The molecule has 3 aromatic rings. The molecule has 0 aliphatic carbocycles. The number of carbonyl (C=O) groups excluding carboxylic acids is 3. The Kier molecular flexibility index (Phi) is 9.32. The summed E-state index contributed by atoms with van der Waals surface area (Å²) in [4.78, 5) is 42.4. The minimum atomic E-state index is -0.774. The molecule has 10 heteroatoms. The predicted molar refractivity (Wildman–Crippen MR) is 139 cm³/mol. The zero-order chi connectivity index (χ0) is 25.7. The number of amides is 2. The van der Waals surface area contributed by atoms with E-state index in [1.165, 1.54) is 43.3 Å². The first-order chi connectivity index (χ1) is 17.3. The molecule has 0 bridgehead atoms. The fourth-order valence-corrected chi connectivity index (χ4v) is 4.18. The largest absolute Gasteiger partial charge is 0.507 e. The number of halogens is 2. The van der Waals surface area contributed by atoms with Gasteiger partial charge in [0.1, 0.15) is 17.1 Å². The number of hydrogen-bond acceptors (Lipinski definition) is 6. The molecule has 2 atom stereocenters. The molecule has 2 heterocycles. The van der Waals surface area contributed by atoms with E-state index in [1.54, 1.807) is 24.5 Å². The number of phenolic OH excluding ortho intramolecular Hbond substituents is 1. The number of ketones is 1. The van der Waals surface area contributed by atoms with E-state index >= 15 is 0 Å². The van der Waals surface area contributed by atoms with Gasteiger partial charge in [0.2, 0.25) is 0 Å². The van der Waals surface area contributed by atoms with E-state index in [2.05, 4.69) is 20.9 Å². The summed E-state index contributed by atoms with van der Waals surface area (Å²) in [6.07, 6.45) is 4.58. The highest BCUT2D eigenvalue weighted by Gasteiger charge is 2.27. The summed E-state index contributed by atoms with van der Waals surface area (Å²) in [7, 11) is 0. The molecule has 0 spiro atoms. The van der Waals surface area contributed by atoms with Crippen molar-refractivity contribution in [1.82, 2.24) is 20.9 Å². The molecule has 4 rings (SSSR count). The second-order valence-corrected chi connectivity index (χ2v) is 8.74. The van der Waals surface area contributed by atoms with Crippen molar-refractivity contribution in [2.75, 3.05) is 13.1 Å². The smallest absolute Gasteiger partial charge is 0.251 e. The van der Waals surface area contributed by atoms with Crippen LogP contribution >= 0.6 is 12.4 Å². The number of aromatic nitrogens is 1. The number of nitrogens with zero attached hydrogens (tertiary/aromatic N) is 1. The summed E-state index contributed by atoms with van der Waals surface area (Å²) in [5.74, 6) is -2.49. The van der Waals surface area contributed by atoms with Gasteiger partial charge < -0.3 is 21.1 Å². The maximum atomic E-state index is 14.5. The van der Waals surface area contributed by atoms with Crippen molar-refractivity contribution in [3.8, 4) is 5.75 Å². The van der Waals surface area contributed by atoms with Gasteiger partial charge in [-0.25, -0.2) is 4.39 Å². The highest BCUT2D eigenvalue weighted by molar-refractivity contribution is 6.11. The molecule has 1 aliphatic heterocycles. The first-order valence-corrected chi connectivity index (χ1v) is 11.7. The van der Waals surface area contributed by atoms with Crippen molar-refractivity contribution in [2.45, 2.75) is 31.8 Å². The average molecular weight is 527 g/mol. The van der Waals surface area contributed by atoms with Gasteiger partial charge in [0.25, 0.3) is 11.8 Å². The zero-order valence-electron chi connectivity index (χ0n) is 20.2.